The molecule has 1 aliphatic heterocycles. The number of carbonyl (C=O) groups excluding carboxylic acids is 2. The van der Waals surface area contributed by atoms with Crippen LogP contribution in [0.2, 0.25) is 0 Å². The van der Waals surface area contributed by atoms with E-state index in [4.69, 9.17) is 4.74 Å². The molecule has 0 unspecified atom stereocenters. The van der Waals surface area contributed by atoms with Gasteiger partial charge in [-0.1, -0.05) is 30.3 Å². The molecular weight excluding hydrogens is 488 g/mol. The molecule has 8 nitrogen and oxygen atoms in total. The van der Waals surface area contributed by atoms with Crippen molar-refractivity contribution in [3.05, 3.63) is 77.3 Å². The molecule has 0 radical (unpaired) electrons. The fourth-order valence-corrected chi connectivity index (χ4v) is 5.94. The van der Waals surface area contributed by atoms with Crippen LogP contribution in [0, 0.1) is 0 Å². The van der Waals surface area contributed by atoms with Crippen LogP contribution in [0.25, 0.3) is 10.1 Å². The molecule has 0 atom stereocenters. The van der Waals surface area contributed by atoms with Crippen LogP contribution >= 0.6 is 11.3 Å². The molecule has 9 heteroatoms. The first-order valence-electron chi connectivity index (χ1n) is 12.2. The fraction of sp³-hybridized carbons (Fsp3) is 0.250. The summed E-state index contributed by atoms with van der Waals surface area (Å²) in [4.78, 5) is 33.1. The topological polar surface area (TPSA) is 104 Å². The van der Waals surface area contributed by atoms with Crippen molar-refractivity contribution < 1.29 is 19.4 Å². The summed E-state index contributed by atoms with van der Waals surface area (Å²) in [6, 6.07) is 17.0. The summed E-state index contributed by atoms with van der Waals surface area (Å²) >= 11 is 1.51. The van der Waals surface area contributed by atoms with Gasteiger partial charge in [0.25, 0.3) is 11.8 Å². The Morgan fingerprint density at radius 3 is 2.76 bits per heavy atom. The smallest absolute Gasteiger partial charge is 0.257 e. The maximum atomic E-state index is 13.5. The lowest BCUT2D eigenvalue weighted by Gasteiger charge is -2.41. The van der Waals surface area contributed by atoms with Crippen LogP contribution in [0.1, 0.15) is 40.5 Å². The van der Waals surface area contributed by atoms with Gasteiger partial charge in [-0.3, -0.25) is 9.59 Å². The Morgan fingerprint density at radius 2 is 1.92 bits per heavy atom. The molecule has 2 aromatic heterocycles. The molecule has 2 amide bonds. The Labute approximate surface area is 217 Å². The van der Waals surface area contributed by atoms with Crippen molar-refractivity contribution in [2.45, 2.75) is 31.4 Å². The molecule has 1 saturated carbocycles. The highest BCUT2D eigenvalue weighted by molar-refractivity contribution is 7.17. The lowest BCUT2D eigenvalue weighted by Crippen LogP contribution is -2.53. The van der Waals surface area contributed by atoms with Crippen molar-refractivity contribution in [1.82, 2.24) is 10.3 Å². The van der Waals surface area contributed by atoms with Crippen LogP contribution < -0.4 is 20.3 Å². The summed E-state index contributed by atoms with van der Waals surface area (Å²) in [5, 5.41) is 18.7. The Hall–Kier alpha value is -3.95. The van der Waals surface area contributed by atoms with Crippen LogP contribution in [0.5, 0.6) is 5.75 Å². The number of thiophene rings is 1. The molecule has 1 aliphatic carbocycles. The van der Waals surface area contributed by atoms with Gasteiger partial charge in [0.2, 0.25) is 0 Å². The predicted molar refractivity (Wildman–Crippen MR) is 144 cm³/mol. The molecule has 37 heavy (non-hydrogen) atoms. The van der Waals surface area contributed by atoms with Crippen molar-refractivity contribution >= 4 is 50.4 Å². The molecule has 2 aromatic carbocycles. The van der Waals surface area contributed by atoms with Crippen molar-refractivity contribution in [2.75, 3.05) is 23.4 Å². The van der Waals surface area contributed by atoms with E-state index in [1.165, 1.54) is 17.5 Å². The zero-order valence-electron chi connectivity index (χ0n) is 20.2. The minimum atomic E-state index is -0.744. The van der Waals surface area contributed by atoms with Gasteiger partial charge in [-0.2, -0.15) is 0 Å². The molecule has 0 bridgehead atoms. The number of hydrogen-bond acceptors (Lipinski definition) is 7. The molecule has 3 heterocycles. The first-order chi connectivity index (χ1) is 17.9. The lowest BCUT2D eigenvalue weighted by molar-refractivity contribution is -0.0367. The van der Waals surface area contributed by atoms with E-state index < -0.39 is 5.60 Å². The van der Waals surface area contributed by atoms with Gasteiger partial charge in [0.15, 0.2) is 5.82 Å². The largest absolute Gasteiger partial charge is 0.490 e. The van der Waals surface area contributed by atoms with Gasteiger partial charge in [-0.25, -0.2) is 4.98 Å². The monoisotopic (exact) mass is 514 g/mol. The number of nitrogens with one attached hydrogen (secondary N) is 2. The second kappa shape index (κ2) is 9.17. The number of hydrogen-bond donors (Lipinski definition) is 3. The van der Waals surface area contributed by atoms with Gasteiger partial charge < -0.3 is 25.4 Å². The first kappa shape index (κ1) is 23.4. The predicted octanol–water partition coefficient (Wildman–Crippen LogP) is 4.72. The number of ether oxygens (including phenoxy) is 1. The third-order valence-corrected chi connectivity index (χ3v) is 7.76. The number of nitrogens with zero attached hydrogens (tertiary/aromatic N) is 2. The second-order valence-electron chi connectivity index (χ2n) is 9.74. The number of anilines is 3. The van der Waals surface area contributed by atoms with E-state index in [1.54, 1.807) is 13.0 Å². The third kappa shape index (κ3) is 4.52. The standard InChI is InChI=1S/C28H26N4O4S/c1-28(35)13-18(14-28)30-26(33)17-12-21(31-27(34)20-16-37-24-9-5-2-6-19(20)24)25(29-15-17)32-10-11-36-23-8-4-3-7-22(23)32/h2-9,12,15-16,18,35H,10-11,13-14H2,1H3,(H,30,33)(H,31,34). The highest BCUT2D eigenvalue weighted by Crippen LogP contribution is 2.39. The van der Waals surface area contributed by atoms with Gasteiger partial charge >= 0.3 is 0 Å². The molecule has 0 saturated heterocycles. The van der Waals surface area contributed by atoms with E-state index in [2.05, 4.69) is 15.6 Å². The number of amides is 2. The minimum Gasteiger partial charge on any atom is -0.490 e. The van der Waals surface area contributed by atoms with E-state index in [0.717, 1.165) is 21.5 Å². The Bertz CT molecular complexity index is 1510. The lowest BCUT2D eigenvalue weighted by atomic mass is 9.77. The number of fused-ring (bicyclic) bond motifs is 2. The molecule has 4 aromatic rings. The van der Waals surface area contributed by atoms with Crippen LogP contribution in [0.4, 0.5) is 17.2 Å². The van der Waals surface area contributed by atoms with E-state index in [9.17, 15) is 14.7 Å². The molecule has 0 spiro atoms. The number of pyridine rings is 1. The van der Waals surface area contributed by atoms with Crippen molar-refractivity contribution in [2.24, 2.45) is 0 Å². The number of aliphatic hydroxyl groups is 1. The van der Waals surface area contributed by atoms with Crippen LogP contribution in [-0.4, -0.2) is 46.7 Å². The Morgan fingerprint density at radius 1 is 1.14 bits per heavy atom. The number of carbonyl (C=O) groups is 2. The van der Waals surface area contributed by atoms with Crippen molar-refractivity contribution in [1.29, 1.82) is 0 Å². The average molecular weight is 515 g/mol. The fourth-order valence-electron chi connectivity index (χ4n) is 4.99. The molecule has 2 aliphatic rings. The number of aromatic nitrogens is 1. The Kier molecular flexibility index (Phi) is 5.81. The van der Waals surface area contributed by atoms with Gasteiger partial charge in [0.1, 0.15) is 12.4 Å². The maximum absolute atomic E-state index is 13.5. The van der Waals surface area contributed by atoms with Gasteiger partial charge in [-0.05, 0) is 44.0 Å². The summed E-state index contributed by atoms with van der Waals surface area (Å²) in [6.45, 7) is 2.76. The molecule has 6 rings (SSSR count). The van der Waals surface area contributed by atoms with E-state index in [1.807, 2.05) is 58.8 Å². The molecule has 1 fully saturated rings. The quantitative estimate of drug-likeness (QED) is 0.356. The highest BCUT2D eigenvalue weighted by Gasteiger charge is 2.39. The zero-order chi connectivity index (χ0) is 25.6. The molecule has 188 valence electrons. The highest BCUT2D eigenvalue weighted by atomic mass is 32.1. The summed E-state index contributed by atoms with van der Waals surface area (Å²) < 4.78 is 6.83. The minimum absolute atomic E-state index is 0.0940. The molecular formula is C28H26N4O4S. The second-order valence-corrected chi connectivity index (χ2v) is 10.6. The number of benzene rings is 2. The Balaban J connectivity index is 1.35. The zero-order valence-corrected chi connectivity index (χ0v) is 21.0. The van der Waals surface area contributed by atoms with E-state index in [0.29, 0.717) is 48.6 Å². The number of para-hydroxylation sites is 2. The van der Waals surface area contributed by atoms with E-state index >= 15 is 0 Å². The van der Waals surface area contributed by atoms with Crippen molar-refractivity contribution in [3.8, 4) is 5.75 Å². The summed E-state index contributed by atoms with van der Waals surface area (Å²) in [6.07, 6.45) is 2.53. The van der Waals surface area contributed by atoms with Crippen molar-refractivity contribution in [3.63, 3.8) is 0 Å². The number of rotatable bonds is 5. The normalized spacial score (nSPS) is 20.5. The molecule has 3 N–H and O–H groups in total. The summed E-state index contributed by atoms with van der Waals surface area (Å²) in [5.74, 6) is 0.704. The maximum Gasteiger partial charge on any atom is 0.257 e. The average Bonchev–Trinajstić information content (AvgIpc) is 3.32. The van der Waals surface area contributed by atoms with Crippen LogP contribution in [-0.2, 0) is 0 Å². The SMILES string of the molecule is CC1(O)CC(NC(=O)c2cnc(N3CCOc4ccccc43)c(NC(=O)c3csc4ccccc34)c2)C1. The summed E-state index contributed by atoms with van der Waals surface area (Å²) in [5.41, 5.74) is 1.44. The van der Waals surface area contributed by atoms with Gasteiger partial charge in [0, 0.05) is 27.7 Å². The van der Waals surface area contributed by atoms with Crippen LogP contribution in [0.15, 0.2) is 66.2 Å². The van der Waals surface area contributed by atoms with Gasteiger partial charge in [0.05, 0.1) is 34.6 Å². The third-order valence-electron chi connectivity index (χ3n) is 6.79. The van der Waals surface area contributed by atoms with E-state index in [-0.39, 0.29) is 17.9 Å². The first-order valence-corrected chi connectivity index (χ1v) is 13.1. The van der Waals surface area contributed by atoms with Gasteiger partial charge in [-0.15, -0.1) is 11.3 Å². The summed E-state index contributed by atoms with van der Waals surface area (Å²) in [7, 11) is 0. The van der Waals surface area contributed by atoms with Crippen LogP contribution in [0.3, 0.4) is 0 Å².